The molecule has 1 aromatic carbocycles. The highest BCUT2D eigenvalue weighted by Crippen LogP contribution is 2.16. The Balaban J connectivity index is 1.67. The summed E-state index contributed by atoms with van der Waals surface area (Å²) in [6, 6.07) is 11.8. The second-order valence-electron chi connectivity index (χ2n) is 5.43. The second-order valence-corrected chi connectivity index (χ2v) is 6.39. The molecule has 3 rings (SSSR count). The Morgan fingerprint density at radius 1 is 1.35 bits per heavy atom. The quantitative estimate of drug-likeness (QED) is 0.906. The first-order valence-electron chi connectivity index (χ1n) is 7.35. The van der Waals surface area contributed by atoms with Crippen LogP contribution in [0.5, 0.6) is 0 Å². The third-order valence-electron chi connectivity index (χ3n) is 3.50. The largest absolute Gasteiger partial charge is 0.323 e. The fourth-order valence-electron chi connectivity index (χ4n) is 2.42. The Kier molecular flexibility index (Phi) is 4.66. The molecule has 0 saturated carbocycles. The fourth-order valence-corrected chi connectivity index (χ4v) is 3.32. The van der Waals surface area contributed by atoms with Gasteiger partial charge in [0.2, 0.25) is 11.8 Å². The molecule has 1 aromatic heterocycles. The predicted octanol–water partition coefficient (Wildman–Crippen LogP) is 1.71. The Labute approximate surface area is 138 Å². The number of anilines is 1. The SMILES string of the molecule is Cc1cc(NC(=O)CN2CSCC2=O)n(Cc2ccccc2)n1. The van der Waals surface area contributed by atoms with E-state index in [1.54, 1.807) is 9.58 Å². The number of hydrogen-bond donors (Lipinski definition) is 1. The summed E-state index contributed by atoms with van der Waals surface area (Å²) < 4.78 is 1.77. The van der Waals surface area contributed by atoms with Gasteiger partial charge in [-0.15, -0.1) is 11.8 Å². The van der Waals surface area contributed by atoms with Gasteiger partial charge in [0.15, 0.2) is 0 Å². The van der Waals surface area contributed by atoms with E-state index in [-0.39, 0.29) is 18.4 Å². The molecule has 1 N–H and O–H groups in total. The van der Waals surface area contributed by atoms with Gasteiger partial charge in [0.1, 0.15) is 12.4 Å². The molecule has 6 nitrogen and oxygen atoms in total. The molecule has 2 amide bonds. The van der Waals surface area contributed by atoms with Crippen molar-refractivity contribution in [3.05, 3.63) is 47.7 Å². The first-order valence-corrected chi connectivity index (χ1v) is 8.51. The van der Waals surface area contributed by atoms with Crippen molar-refractivity contribution in [3.63, 3.8) is 0 Å². The first-order chi connectivity index (χ1) is 11.1. The number of thioether (sulfide) groups is 1. The van der Waals surface area contributed by atoms with Crippen LogP contribution >= 0.6 is 11.8 Å². The summed E-state index contributed by atoms with van der Waals surface area (Å²) in [5, 5.41) is 7.28. The average Bonchev–Trinajstić information content (AvgIpc) is 3.06. The maximum absolute atomic E-state index is 12.2. The van der Waals surface area contributed by atoms with E-state index in [1.807, 2.05) is 43.3 Å². The number of carbonyl (C=O) groups is 2. The average molecular weight is 330 g/mol. The van der Waals surface area contributed by atoms with Crippen LogP contribution in [0.2, 0.25) is 0 Å². The molecule has 1 aliphatic rings. The standard InChI is InChI=1S/C16H18N4O2S/c1-12-7-14(17-15(21)9-19-11-23-10-16(19)22)20(18-12)8-13-5-3-2-4-6-13/h2-7H,8-11H2,1H3,(H,17,21). The van der Waals surface area contributed by atoms with Gasteiger partial charge in [0.25, 0.3) is 0 Å². The molecular formula is C16H18N4O2S. The number of aryl methyl sites for hydroxylation is 1. The van der Waals surface area contributed by atoms with Crippen LogP contribution in [0.4, 0.5) is 5.82 Å². The lowest BCUT2D eigenvalue weighted by Gasteiger charge is -2.14. The predicted molar refractivity (Wildman–Crippen MR) is 90.2 cm³/mol. The molecule has 0 radical (unpaired) electrons. The van der Waals surface area contributed by atoms with Crippen molar-refractivity contribution < 1.29 is 9.59 Å². The van der Waals surface area contributed by atoms with Gasteiger partial charge in [0.05, 0.1) is 23.9 Å². The maximum atomic E-state index is 12.2. The van der Waals surface area contributed by atoms with Crippen molar-refractivity contribution in [1.82, 2.24) is 14.7 Å². The van der Waals surface area contributed by atoms with Crippen molar-refractivity contribution >= 4 is 29.4 Å². The zero-order valence-corrected chi connectivity index (χ0v) is 13.7. The second kappa shape index (κ2) is 6.87. The first kappa shape index (κ1) is 15.6. The summed E-state index contributed by atoms with van der Waals surface area (Å²) in [6.07, 6.45) is 0. The summed E-state index contributed by atoms with van der Waals surface area (Å²) in [7, 11) is 0. The number of nitrogens with one attached hydrogen (secondary N) is 1. The lowest BCUT2D eigenvalue weighted by atomic mass is 10.2. The van der Waals surface area contributed by atoms with Gasteiger partial charge in [-0.25, -0.2) is 4.68 Å². The summed E-state index contributed by atoms with van der Waals surface area (Å²) in [5.74, 6) is 1.50. The molecule has 0 spiro atoms. The van der Waals surface area contributed by atoms with E-state index in [1.165, 1.54) is 11.8 Å². The fraction of sp³-hybridized carbons (Fsp3) is 0.312. The Hall–Kier alpha value is -2.28. The molecule has 1 aliphatic heterocycles. The number of carbonyl (C=O) groups excluding carboxylic acids is 2. The summed E-state index contributed by atoms with van der Waals surface area (Å²) in [5.41, 5.74) is 1.95. The van der Waals surface area contributed by atoms with E-state index in [2.05, 4.69) is 10.4 Å². The maximum Gasteiger partial charge on any atom is 0.245 e. The Morgan fingerprint density at radius 2 is 2.13 bits per heavy atom. The van der Waals surface area contributed by atoms with Crippen LogP contribution in [0.1, 0.15) is 11.3 Å². The van der Waals surface area contributed by atoms with E-state index >= 15 is 0 Å². The number of rotatable bonds is 5. The smallest absolute Gasteiger partial charge is 0.245 e. The lowest BCUT2D eigenvalue weighted by Crippen LogP contribution is -2.34. The summed E-state index contributed by atoms with van der Waals surface area (Å²) in [4.78, 5) is 25.3. The number of aromatic nitrogens is 2. The van der Waals surface area contributed by atoms with Gasteiger partial charge < -0.3 is 10.2 Å². The Bertz CT molecular complexity index is 714. The van der Waals surface area contributed by atoms with Gasteiger partial charge in [-0.3, -0.25) is 9.59 Å². The van der Waals surface area contributed by atoms with Crippen LogP contribution in [-0.2, 0) is 16.1 Å². The van der Waals surface area contributed by atoms with E-state index in [0.29, 0.717) is 24.0 Å². The van der Waals surface area contributed by atoms with Crippen molar-refractivity contribution in [3.8, 4) is 0 Å². The molecule has 2 heterocycles. The van der Waals surface area contributed by atoms with Crippen molar-refractivity contribution in [2.75, 3.05) is 23.5 Å². The molecule has 0 bridgehead atoms. The van der Waals surface area contributed by atoms with E-state index < -0.39 is 0 Å². The molecular weight excluding hydrogens is 312 g/mol. The molecule has 0 atom stereocenters. The van der Waals surface area contributed by atoms with Crippen LogP contribution in [0.25, 0.3) is 0 Å². The zero-order valence-electron chi connectivity index (χ0n) is 12.9. The van der Waals surface area contributed by atoms with Crippen molar-refractivity contribution in [1.29, 1.82) is 0 Å². The molecule has 7 heteroatoms. The van der Waals surface area contributed by atoms with Crippen LogP contribution in [0, 0.1) is 6.92 Å². The molecule has 2 aromatic rings. The third-order valence-corrected chi connectivity index (χ3v) is 4.45. The van der Waals surface area contributed by atoms with Gasteiger partial charge in [-0.2, -0.15) is 5.10 Å². The monoisotopic (exact) mass is 330 g/mol. The van der Waals surface area contributed by atoms with Crippen molar-refractivity contribution in [2.45, 2.75) is 13.5 Å². The third kappa shape index (κ3) is 3.92. The highest BCUT2D eigenvalue weighted by Gasteiger charge is 2.23. The molecule has 23 heavy (non-hydrogen) atoms. The molecule has 1 saturated heterocycles. The number of benzene rings is 1. The van der Waals surface area contributed by atoms with Crippen LogP contribution < -0.4 is 5.32 Å². The van der Waals surface area contributed by atoms with E-state index in [0.717, 1.165) is 11.3 Å². The van der Waals surface area contributed by atoms with Crippen LogP contribution in [0.15, 0.2) is 36.4 Å². The number of amides is 2. The highest BCUT2D eigenvalue weighted by atomic mass is 32.2. The van der Waals surface area contributed by atoms with E-state index in [9.17, 15) is 9.59 Å². The normalized spacial score (nSPS) is 14.3. The lowest BCUT2D eigenvalue weighted by molar-refractivity contribution is -0.130. The van der Waals surface area contributed by atoms with Crippen LogP contribution in [-0.4, -0.2) is 44.7 Å². The van der Waals surface area contributed by atoms with Crippen LogP contribution in [0.3, 0.4) is 0 Å². The minimum atomic E-state index is -0.199. The van der Waals surface area contributed by atoms with Crippen molar-refractivity contribution in [2.24, 2.45) is 0 Å². The highest BCUT2D eigenvalue weighted by molar-refractivity contribution is 8.00. The molecule has 120 valence electrons. The van der Waals surface area contributed by atoms with Gasteiger partial charge in [0, 0.05) is 6.07 Å². The van der Waals surface area contributed by atoms with Gasteiger partial charge in [-0.05, 0) is 12.5 Å². The minimum absolute atomic E-state index is 0.0131. The number of hydrogen-bond acceptors (Lipinski definition) is 4. The summed E-state index contributed by atoms with van der Waals surface area (Å²) in [6.45, 7) is 2.56. The van der Waals surface area contributed by atoms with Gasteiger partial charge >= 0.3 is 0 Å². The molecule has 1 fully saturated rings. The summed E-state index contributed by atoms with van der Waals surface area (Å²) >= 11 is 1.53. The molecule has 0 unspecified atom stereocenters. The van der Waals surface area contributed by atoms with E-state index in [4.69, 9.17) is 0 Å². The zero-order chi connectivity index (χ0) is 16.2. The van der Waals surface area contributed by atoms with Gasteiger partial charge in [-0.1, -0.05) is 30.3 Å². The molecule has 0 aliphatic carbocycles. The Morgan fingerprint density at radius 3 is 2.83 bits per heavy atom. The topological polar surface area (TPSA) is 67.2 Å². The number of nitrogens with zero attached hydrogens (tertiary/aromatic N) is 3. The minimum Gasteiger partial charge on any atom is -0.323 e.